The minimum Gasteiger partial charge on any atom is -0.488 e. The second kappa shape index (κ2) is 21.3. The Hall–Kier alpha value is -7.10. The van der Waals surface area contributed by atoms with E-state index in [1.807, 2.05) is 77.9 Å². The normalized spacial score (nSPS) is 16.3. The Kier molecular flexibility index (Phi) is 16.5. The molecule has 2 fully saturated rings. The van der Waals surface area contributed by atoms with E-state index < -0.39 is 23.1 Å². The summed E-state index contributed by atoms with van der Waals surface area (Å²) in [6, 6.07) is 24.4. The third kappa shape index (κ3) is 13.4. The standard InChI is InChI=1S/C24H26N2O5.C16H21NO4.C7H8N2O2.CH4/c1-24(2,3)31-23(29)26-12-11-16(14-26)30-20-10-5-4-8-17(20)19-13-15-7-6-9-18(22(27)28)21(15)25-19;1-16(2,3)21-15(19)17-9-8-13(10-17)20-14-7-5-4-6-12(14)11-18;8-5-3-1-2-4(6(5)9)7(10)11;/h4-10,16H,11-14H2,1-3H3,(H,27,28);4-7,11,13H,8-10H2,1-3H3;1-3H,8-9H2,(H,10,11);1H4. The van der Waals surface area contributed by atoms with E-state index in [1.165, 1.54) is 6.07 Å². The summed E-state index contributed by atoms with van der Waals surface area (Å²) >= 11 is 0. The van der Waals surface area contributed by atoms with Gasteiger partial charge < -0.3 is 50.4 Å². The Morgan fingerprint density at radius 2 is 1.19 bits per heavy atom. The number of rotatable bonds is 8. The number of hydrogen-bond acceptors (Lipinski definition) is 12. The van der Waals surface area contributed by atoms with Crippen LogP contribution in [0.2, 0.25) is 0 Å². The number of anilines is 2. The minimum absolute atomic E-state index is 0. The Balaban J connectivity index is 0.000000234. The van der Waals surface area contributed by atoms with Crippen LogP contribution < -0.4 is 20.9 Å². The number of aromatic carboxylic acids is 2. The molecule has 7 rings (SSSR count). The van der Waals surface area contributed by atoms with E-state index in [1.54, 1.807) is 52.3 Å². The molecule has 2 atom stereocenters. The molecular formula is C48H59N5O11. The van der Waals surface area contributed by atoms with Crippen LogP contribution in [-0.4, -0.2) is 106 Å². The van der Waals surface area contributed by atoms with Gasteiger partial charge in [-0.15, -0.1) is 0 Å². The maximum atomic E-state index is 12.3. The number of aliphatic imine (C=N–C) groups is 1. The van der Waals surface area contributed by atoms with Crippen molar-refractivity contribution in [2.24, 2.45) is 4.99 Å². The van der Waals surface area contributed by atoms with Crippen LogP contribution in [0.1, 0.15) is 104 Å². The lowest BCUT2D eigenvalue weighted by atomic mass is 10.0. The molecule has 0 spiro atoms. The van der Waals surface area contributed by atoms with Crippen LogP contribution in [-0.2, 0) is 15.9 Å². The van der Waals surface area contributed by atoms with E-state index in [2.05, 4.69) is 4.99 Å². The van der Waals surface area contributed by atoms with E-state index in [0.29, 0.717) is 67.5 Å². The maximum absolute atomic E-state index is 12.3. The number of carboxylic acids is 2. The van der Waals surface area contributed by atoms with Gasteiger partial charge in [0.1, 0.15) is 34.9 Å². The number of likely N-dealkylation sites (tertiary alicyclic amines) is 2. The monoisotopic (exact) mass is 881 g/mol. The van der Waals surface area contributed by atoms with Crippen LogP contribution in [0.5, 0.6) is 11.5 Å². The molecule has 0 saturated carbocycles. The molecule has 3 aliphatic rings. The first-order valence-corrected chi connectivity index (χ1v) is 20.5. The zero-order chi connectivity index (χ0) is 46.1. The summed E-state index contributed by atoms with van der Waals surface area (Å²) in [4.78, 5) is 65.2. The lowest BCUT2D eigenvalue weighted by Gasteiger charge is -2.24. The second-order valence-corrected chi connectivity index (χ2v) is 17.0. The predicted molar refractivity (Wildman–Crippen MR) is 244 cm³/mol. The van der Waals surface area contributed by atoms with Crippen LogP contribution >= 0.6 is 0 Å². The zero-order valence-electron chi connectivity index (χ0n) is 36.3. The molecule has 2 amide bonds. The number of carbonyl (C=O) groups is 5. The van der Waals surface area contributed by atoms with Gasteiger partial charge in [0.05, 0.1) is 52.6 Å². The van der Waals surface area contributed by atoms with Gasteiger partial charge in [-0.05, 0) is 89.6 Å². The summed E-state index contributed by atoms with van der Waals surface area (Å²) < 4.78 is 22.9. The van der Waals surface area contributed by atoms with Crippen molar-refractivity contribution in [2.75, 3.05) is 37.6 Å². The van der Waals surface area contributed by atoms with E-state index in [9.17, 15) is 29.1 Å². The Bertz CT molecular complexity index is 2350. The van der Waals surface area contributed by atoms with Gasteiger partial charge in [-0.1, -0.05) is 49.9 Å². The number of nitrogen functional groups attached to an aromatic ring is 2. The number of para-hydroxylation sites is 4. The van der Waals surface area contributed by atoms with Gasteiger partial charge >= 0.3 is 24.1 Å². The SMILES string of the molecule is C.CC(C)(C)OC(=O)N1CCC(Oc2ccccc2C2=Nc3c(cccc3C(=O)O)C2)C1.CC(C)(C)OC(=O)N1CCC(Oc2ccccc2C=O)C1.Nc1cccc(C(=O)O)c1N. The fourth-order valence-corrected chi connectivity index (χ4v) is 6.80. The first-order chi connectivity index (χ1) is 29.7. The summed E-state index contributed by atoms with van der Waals surface area (Å²) in [5, 5.41) is 18.0. The zero-order valence-corrected chi connectivity index (χ0v) is 36.3. The molecule has 0 bridgehead atoms. The van der Waals surface area contributed by atoms with Crippen molar-refractivity contribution in [1.29, 1.82) is 0 Å². The summed E-state index contributed by atoms with van der Waals surface area (Å²) in [7, 11) is 0. The third-order valence-electron chi connectivity index (χ3n) is 9.75. The van der Waals surface area contributed by atoms with Gasteiger partial charge in [0, 0.05) is 37.9 Å². The van der Waals surface area contributed by atoms with Gasteiger partial charge in [-0.3, -0.25) is 9.79 Å². The average molecular weight is 882 g/mol. The van der Waals surface area contributed by atoms with E-state index in [4.69, 9.17) is 35.5 Å². The van der Waals surface area contributed by atoms with Crippen LogP contribution in [0.4, 0.5) is 26.7 Å². The third-order valence-corrected chi connectivity index (χ3v) is 9.75. The van der Waals surface area contributed by atoms with Crippen molar-refractivity contribution in [2.45, 2.75) is 91.6 Å². The maximum Gasteiger partial charge on any atom is 0.410 e. The highest BCUT2D eigenvalue weighted by atomic mass is 16.6. The van der Waals surface area contributed by atoms with Crippen LogP contribution in [0.25, 0.3) is 0 Å². The van der Waals surface area contributed by atoms with Crippen molar-refractivity contribution in [3.05, 3.63) is 113 Å². The summed E-state index contributed by atoms with van der Waals surface area (Å²) in [6.07, 6.45) is 1.85. The number of aldehydes is 1. The molecule has 0 radical (unpaired) electrons. The molecule has 3 aliphatic heterocycles. The van der Waals surface area contributed by atoms with Gasteiger partial charge in [0.15, 0.2) is 6.29 Å². The molecule has 6 N–H and O–H groups in total. The number of fused-ring (bicyclic) bond motifs is 1. The van der Waals surface area contributed by atoms with E-state index in [0.717, 1.165) is 29.5 Å². The van der Waals surface area contributed by atoms with Gasteiger partial charge in [0.2, 0.25) is 0 Å². The molecule has 16 nitrogen and oxygen atoms in total. The number of carboxylic acid groups (broad SMARTS) is 2. The molecule has 0 aliphatic carbocycles. The van der Waals surface area contributed by atoms with Crippen LogP contribution in [0.15, 0.2) is 89.9 Å². The molecule has 2 saturated heterocycles. The number of nitrogens with two attached hydrogens (primary N) is 2. The minimum atomic E-state index is -1.06. The average Bonchev–Trinajstić information content (AvgIpc) is 3.99. The van der Waals surface area contributed by atoms with Crippen molar-refractivity contribution in [3.8, 4) is 11.5 Å². The number of benzene rings is 4. The summed E-state index contributed by atoms with van der Waals surface area (Å²) in [6.45, 7) is 13.2. The lowest BCUT2D eigenvalue weighted by Crippen LogP contribution is -2.36. The first-order valence-electron chi connectivity index (χ1n) is 20.5. The van der Waals surface area contributed by atoms with Crippen LogP contribution in [0.3, 0.4) is 0 Å². The van der Waals surface area contributed by atoms with Crippen molar-refractivity contribution in [3.63, 3.8) is 0 Å². The lowest BCUT2D eigenvalue weighted by molar-refractivity contribution is 0.0266. The largest absolute Gasteiger partial charge is 0.488 e. The summed E-state index contributed by atoms with van der Waals surface area (Å²) in [5.41, 5.74) is 13.9. The molecule has 64 heavy (non-hydrogen) atoms. The van der Waals surface area contributed by atoms with Gasteiger partial charge in [-0.2, -0.15) is 0 Å². The van der Waals surface area contributed by atoms with E-state index in [-0.39, 0.29) is 48.6 Å². The Morgan fingerprint density at radius 1 is 0.688 bits per heavy atom. The summed E-state index contributed by atoms with van der Waals surface area (Å²) in [5.74, 6) is -0.806. The molecule has 16 heteroatoms. The topological polar surface area (TPSA) is 234 Å². The first kappa shape index (κ1) is 49.6. The van der Waals surface area contributed by atoms with Gasteiger partial charge in [-0.25, -0.2) is 19.2 Å². The van der Waals surface area contributed by atoms with Gasteiger partial charge in [0.25, 0.3) is 0 Å². The quantitative estimate of drug-likeness (QED) is 0.0961. The van der Waals surface area contributed by atoms with Crippen molar-refractivity contribution >= 4 is 53.2 Å². The number of nitrogens with zero attached hydrogens (tertiary/aromatic N) is 3. The predicted octanol–water partition coefficient (Wildman–Crippen LogP) is 8.52. The number of hydrogen-bond donors (Lipinski definition) is 4. The highest BCUT2D eigenvalue weighted by Crippen LogP contribution is 2.35. The smallest absolute Gasteiger partial charge is 0.410 e. The van der Waals surface area contributed by atoms with Crippen LogP contribution in [0, 0.1) is 0 Å². The Morgan fingerprint density at radius 3 is 1.72 bits per heavy atom. The van der Waals surface area contributed by atoms with Crippen molar-refractivity contribution < 1.29 is 53.1 Å². The fraction of sp³-hybridized carbons (Fsp3) is 0.375. The molecule has 342 valence electrons. The highest BCUT2D eigenvalue weighted by molar-refractivity contribution is 6.10. The molecule has 0 aromatic heterocycles. The fourth-order valence-electron chi connectivity index (χ4n) is 6.80. The highest BCUT2D eigenvalue weighted by Gasteiger charge is 2.33. The molecule has 4 aromatic rings. The van der Waals surface area contributed by atoms with Crippen molar-refractivity contribution in [1.82, 2.24) is 9.80 Å². The second-order valence-electron chi connectivity index (χ2n) is 17.0. The molecule has 4 aromatic carbocycles. The number of ether oxygens (including phenoxy) is 4. The number of carbonyl (C=O) groups excluding carboxylic acids is 3. The number of amides is 2. The molecule has 3 heterocycles. The molecular weight excluding hydrogens is 823 g/mol. The molecule has 2 unspecified atom stereocenters. The Labute approximate surface area is 373 Å². The van der Waals surface area contributed by atoms with E-state index >= 15 is 0 Å².